The highest BCUT2D eigenvalue weighted by Gasteiger charge is 2.30. The molecule has 0 heterocycles. The minimum atomic E-state index is -1.53. The molecule has 5 atom stereocenters. The van der Waals surface area contributed by atoms with Crippen LogP contribution in [-0.4, -0.2) is 83.1 Å². The third kappa shape index (κ3) is 12.5. The molecule has 0 saturated carbocycles. The van der Waals surface area contributed by atoms with E-state index in [0.717, 1.165) is 0 Å². The maximum absolute atomic E-state index is 12.8. The van der Waals surface area contributed by atoms with E-state index in [4.69, 9.17) is 22.9 Å². The third-order valence-electron chi connectivity index (χ3n) is 5.25. The second-order valence-corrected chi connectivity index (χ2v) is 8.07. The van der Waals surface area contributed by atoms with Crippen LogP contribution in [0.3, 0.4) is 0 Å². The zero-order valence-corrected chi connectivity index (χ0v) is 20.0. The first-order valence-corrected chi connectivity index (χ1v) is 11.2. The zero-order chi connectivity index (χ0) is 27.1. The van der Waals surface area contributed by atoms with Gasteiger partial charge in [0, 0.05) is 13.0 Å². The van der Waals surface area contributed by atoms with Gasteiger partial charge in [0.1, 0.15) is 18.1 Å². The number of primary amides is 1. The number of hydrogen-bond acceptors (Lipinski definition) is 8. The molecule has 0 saturated heterocycles. The van der Waals surface area contributed by atoms with Gasteiger partial charge in [0.25, 0.3) is 0 Å². The highest BCUT2D eigenvalue weighted by atomic mass is 16.4. The SMILES string of the molecule is CCC(C)C(N)C(=O)NC(CCC(N)=O)C(=O)NC(CO)C(=O)NC(CCCN=C(N)N)C(=O)O. The topological polar surface area (TPSA) is 278 Å². The van der Waals surface area contributed by atoms with E-state index in [2.05, 4.69) is 20.9 Å². The quantitative estimate of drug-likeness (QED) is 0.0531. The van der Waals surface area contributed by atoms with E-state index in [1.807, 2.05) is 6.92 Å². The second-order valence-electron chi connectivity index (χ2n) is 8.07. The number of aliphatic imine (C=N–C) groups is 1. The highest BCUT2D eigenvalue weighted by Crippen LogP contribution is 2.07. The smallest absolute Gasteiger partial charge is 0.326 e. The van der Waals surface area contributed by atoms with Crippen molar-refractivity contribution in [3.63, 3.8) is 0 Å². The standard InChI is InChI=1S/C20H38N8O7/c1-3-10(2)15(22)18(33)26-11(6-7-14(21)30)16(31)28-13(9-29)17(32)27-12(19(34)35)5-4-8-25-20(23)24/h10-13,15,29H,3-9,22H2,1-2H3,(H2,21,30)(H,26,33)(H,27,32)(H,28,31)(H,34,35)(H4,23,24,25). The van der Waals surface area contributed by atoms with Gasteiger partial charge in [-0.2, -0.15) is 0 Å². The number of nitrogens with zero attached hydrogens (tertiary/aromatic N) is 1. The molecule has 0 rings (SSSR count). The van der Waals surface area contributed by atoms with Crippen molar-refractivity contribution in [1.82, 2.24) is 16.0 Å². The van der Waals surface area contributed by atoms with Crippen LogP contribution < -0.4 is 38.9 Å². The summed E-state index contributed by atoms with van der Waals surface area (Å²) in [5.41, 5.74) is 21.4. The lowest BCUT2D eigenvalue weighted by Crippen LogP contribution is -2.58. The Balaban J connectivity index is 5.29. The van der Waals surface area contributed by atoms with Crippen LogP contribution in [0.2, 0.25) is 0 Å². The van der Waals surface area contributed by atoms with Gasteiger partial charge in [0.05, 0.1) is 12.6 Å². The Hall–Kier alpha value is -3.46. The van der Waals surface area contributed by atoms with Gasteiger partial charge in [0.15, 0.2) is 5.96 Å². The van der Waals surface area contributed by atoms with E-state index < -0.39 is 60.4 Å². The van der Waals surface area contributed by atoms with Gasteiger partial charge in [-0.15, -0.1) is 0 Å². The molecule has 13 N–H and O–H groups in total. The Morgan fingerprint density at radius 3 is 1.91 bits per heavy atom. The van der Waals surface area contributed by atoms with E-state index in [1.54, 1.807) is 6.92 Å². The highest BCUT2D eigenvalue weighted by molar-refractivity contribution is 5.94. The van der Waals surface area contributed by atoms with Crippen LogP contribution in [-0.2, 0) is 24.0 Å². The number of guanidine groups is 1. The first kappa shape index (κ1) is 31.5. The summed E-state index contributed by atoms with van der Waals surface area (Å²) in [6.45, 7) is 2.87. The molecule has 35 heavy (non-hydrogen) atoms. The lowest BCUT2D eigenvalue weighted by atomic mass is 9.98. The molecule has 0 aliphatic rings. The van der Waals surface area contributed by atoms with Gasteiger partial charge in [-0.05, 0) is 25.2 Å². The number of hydrogen-bond donors (Lipinski definition) is 9. The maximum atomic E-state index is 12.8. The molecular weight excluding hydrogens is 464 g/mol. The molecule has 0 aliphatic heterocycles. The Bertz CT molecular complexity index is 773. The van der Waals surface area contributed by atoms with Crippen molar-refractivity contribution in [3.05, 3.63) is 0 Å². The number of nitrogens with two attached hydrogens (primary N) is 4. The molecule has 0 aromatic heterocycles. The van der Waals surface area contributed by atoms with Crippen LogP contribution in [0.25, 0.3) is 0 Å². The normalized spacial score (nSPS) is 15.0. The van der Waals surface area contributed by atoms with Crippen LogP contribution in [0.15, 0.2) is 4.99 Å². The monoisotopic (exact) mass is 502 g/mol. The minimum absolute atomic E-state index is 0.0191. The minimum Gasteiger partial charge on any atom is -0.480 e. The van der Waals surface area contributed by atoms with E-state index in [9.17, 15) is 34.2 Å². The number of aliphatic hydroxyl groups excluding tert-OH is 1. The van der Waals surface area contributed by atoms with Gasteiger partial charge < -0.3 is 49.1 Å². The number of carboxylic acids is 1. The summed E-state index contributed by atoms with van der Waals surface area (Å²) < 4.78 is 0. The average molecular weight is 503 g/mol. The summed E-state index contributed by atoms with van der Waals surface area (Å²) in [6, 6.07) is -5.06. The fraction of sp³-hybridized carbons (Fsp3) is 0.700. The number of rotatable bonds is 17. The van der Waals surface area contributed by atoms with Crippen molar-refractivity contribution in [1.29, 1.82) is 0 Å². The van der Waals surface area contributed by atoms with Crippen molar-refractivity contribution in [3.8, 4) is 0 Å². The fourth-order valence-corrected chi connectivity index (χ4v) is 2.84. The van der Waals surface area contributed by atoms with Gasteiger partial charge in [-0.1, -0.05) is 20.3 Å². The number of carboxylic acid groups (broad SMARTS) is 1. The Labute approximate surface area is 203 Å². The third-order valence-corrected chi connectivity index (χ3v) is 5.25. The molecule has 0 aliphatic carbocycles. The summed E-state index contributed by atoms with van der Waals surface area (Å²) in [7, 11) is 0. The molecule has 0 aromatic rings. The van der Waals surface area contributed by atoms with Crippen LogP contribution in [0, 0.1) is 5.92 Å². The molecular formula is C20H38N8O7. The predicted octanol–water partition coefficient (Wildman–Crippen LogP) is -3.79. The van der Waals surface area contributed by atoms with Gasteiger partial charge in [0.2, 0.25) is 23.6 Å². The van der Waals surface area contributed by atoms with Crippen LogP contribution in [0.5, 0.6) is 0 Å². The summed E-state index contributed by atoms with van der Waals surface area (Å²) in [5, 5.41) is 25.8. The number of carbonyl (C=O) groups excluding carboxylic acids is 4. The van der Waals surface area contributed by atoms with E-state index in [-0.39, 0.29) is 44.1 Å². The van der Waals surface area contributed by atoms with E-state index in [1.165, 1.54) is 0 Å². The van der Waals surface area contributed by atoms with Crippen LogP contribution in [0.4, 0.5) is 0 Å². The van der Waals surface area contributed by atoms with E-state index in [0.29, 0.717) is 6.42 Å². The Kier molecular flexibility index (Phi) is 14.6. The number of carbonyl (C=O) groups is 5. The predicted molar refractivity (Wildman–Crippen MR) is 126 cm³/mol. The van der Waals surface area contributed by atoms with Crippen LogP contribution in [0.1, 0.15) is 46.0 Å². The van der Waals surface area contributed by atoms with E-state index >= 15 is 0 Å². The Morgan fingerprint density at radius 2 is 1.43 bits per heavy atom. The van der Waals surface area contributed by atoms with Crippen molar-refractivity contribution in [2.75, 3.05) is 13.2 Å². The first-order chi connectivity index (χ1) is 16.3. The first-order valence-electron chi connectivity index (χ1n) is 11.2. The number of aliphatic hydroxyl groups is 1. The summed E-state index contributed by atoms with van der Waals surface area (Å²) in [5.74, 6) is -4.89. The maximum Gasteiger partial charge on any atom is 0.326 e. The molecule has 0 bridgehead atoms. The van der Waals surface area contributed by atoms with Crippen molar-refractivity contribution in [2.24, 2.45) is 33.8 Å². The molecule has 4 amide bonds. The average Bonchev–Trinajstić information content (AvgIpc) is 2.79. The molecule has 15 heteroatoms. The molecule has 200 valence electrons. The molecule has 15 nitrogen and oxygen atoms in total. The Morgan fingerprint density at radius 1 is 0.886 bits per heavy atom. The molecule has 0 aromatic carbocycles. The summed E-state index contributed by atoms with van der Waals surface area (Å²) in [4.78, 5) is 64.1. The molecule has 5 unspecified atom stereocenters. The molecule has 0 radical (unpaired) electrons. The zero-order valence-electron chi connectivity index (χ0n) is 20.0. The number of nitrogens with one attached hydrogen (secondary N) is 3. The largest absolute Gasteiger partial charge is 0.480 e. The van der Waals surface area contributed by atoms with Crippen molar-refractivity contribution < 1.29 is 34.2 Å². The van der Waals surface area contributed by atoms with Gasteiger partial charge in [-0.3, -0.25) is 24.2 Å². The van der Waals surface area contributed by atoms with Crippen LogP contribution >= 0.6 is 0 Å². The fourth-order valence-electron chi connectivity index (χ4n) is 2.84. The summed E-state index contributed by atoms with van der Waals surface area (Å²) in [6.07, 6.45) is 0.403. The van der Waals surface area contributed by atoms with Crippen molar-refractivity contribution in [2.45, 2.75) is 70.1 Å². The van der Waals surface area contributed by atoms with Crippen molar-refractivity contribution >= 4 is 35.6 Å². The van der Waals surface area contributed by atoms with Gasteiger partial charge in [-0.25, -0.2) is 4.79 Å². The lowest BCUT2D eigenvalue weighted by molar-refractivity contribution is -0.142. The summed E-state index contributed by atoms with van der Waals surface area (Å²) >= 11 is 0. The lowest BCUT2D eigenvalue weighted by Gasteiger charge is -2.25. The van der Waals surface area contributed by atoms with Gasteiger partial charge >= 0.3 is 5.97 Å². The molecule has 0 spiro atoms. The number of aliphatic carboxylic acids is 1. The second kappa shape index (κ2) is 16.2. The number of amides is 4. The molecule has 0 fully saturated rings.